The van der Waals surface area contributed by atoms with Crippen LogP contribution >= 0.6 is 11.3 Å². The van der Waals surface area contributed by atoms with Gasteiger partial charge in [0.05, 0.1) is 17.9 Å². The van der Waals surface area contributed by atoms with Crippen LogP contribution in [0.2, 0.25) is 0 Å². The second-order valence-corrected chi connectivity index (χ2v) is 4.98. The number of hydrogen-bond donors (Lipinski definition) is 1. The molecule has 0 spiro atoms. The molecule has 1 N–H and O–H groups in total. The Hall–Kier alpha value is -1.42. The predicted octanol–water partition coefficient (Wildman–Crippen LogP) is 3.08. The first-order chi connectivity index (χ1) is 7.66. The molecule has 0 aromatic carbocycles. The van der Waals surface area contributed by atoms with Crippen molar-refractivity contribution in [1.29, 1.82) is 0 Å². The van der Waals surface area contributed by atoms with Gasteiger partial charge < -0.3 is 5.32 Å². The van der Waals surface area contributed by atoms with Crippen LogP contribution in [-0.4, -0.2) is 9.97 Å². The van der Waals surface area contributed by atoms with Gasteiger partial charge in [-0.1, -0.05) is 6.07 Å². The van der Waals surface area contributed by atoms with Gasteiger partial charge in [0.1, 0.15) is 0 Å². The van der Waals surface area contributed by atoms with Crippen molar-refractivity contribution in [2.75, 3.05) is 5.32 Å². The molecule has 2 rings (SSSR count). The summed E-state index contributed by atoms with van der Waals surface area (Å²) in [5, 5.41) is 4.28. The lowest BCUT2D eigenvalue weighted by atomic mass is 10.2. The molecule has 4 heteroatoms. The Labute approximate surface area is 99.6 Å². The first-order valence-electron chi connectivity index (χ1n) is 5.25. The van der Waals surface area contributed by atoms with Crippen molar-refractivity contribution in [3.8, 4) is 0 Å². The first-order valence-corrected chi connectivity index (χ1v) is 6.07. The maximum absolute atomic E-state index is 4.43. The molecular weight excluding hydrogens is 218 g/mol. The number of nitrogens with zero attached hydrogens (tertiary/aromatic N) is 2. The fourth-order valence-electron chi connectivity index (χ4n) is 1.41. The Morgan fingerprint density at radius 1 is 1.31 bits per heavy atom. The molecular formula is C12H15N3S. The SMILES string of the molecule is Cc1cccnc1CNc1nc(C)c(C)s1. The lowest BCUT2D eigenvalue weighted by Crippen LogP contribution is -2.03. The van der Waals surface area contributed by atoms with Crippen molar-refractivity contribution >= 4 is 16.5 Å². The van der Waals surface area contributed by atoms with E-state index < -0.39 is 0 Å². The summed E-state index contributed by atoms with van der Waals surface area (Å²) in [4.78, 5) is 10.0. The summed E-state index contributed by atoms with van der Waals surface area (Å²) < 4.78 is 0. The van der Waals surface area contributed by atoms with E-state index in [1.165, 1.54) is 10.4 Å². The topological polar surface area (TPSA) is 37.8 Å². The van der Waals surface area contributed by atoms with Gasteiger partial charge >= 0.3 is 0 Å². The lowest BCUT2D eigenvalue weighted by molar-refractivity contribution is 1.01. The Morgan fingerprint density at radius 3 is 2.75 bits per heavy atom. The van der Waals surface area contributed by atoms with Crippen LogP contribution in [0, 0.1) is 20.8 Å². The highest BCUT2D eigenvalue weighted by molar-refractivity contribution is 7.15. The molecule has 2 aromatic heterocycles. The van der Waals surface area contributed by atoms with Crippen LogP contribution < -0.4 is 5.32 Å². The Bertz CT molecular complexity index is 471. The van der Waals surface area contributed by atoms with Crippen molar-refractivity contribution in [1.82, 2.24) is 9.97 Å². The number of aryl methyl sites for hydroxylation is 3. The zero-order valence-corrected chi connectivity index (χ0v) is 10.6. The van der Waals surface area contributed by atoms with Crippen LogP contribution in [-0.2, 0) is 6.54 Å². The van der Waals surface area contributed by atoms with Crippen LogP contribution in [0.3, 0.4) is 0 Å². The molecule has 0 unspecified atom stereocenters. The third-order valence-corrected chi connectivity index (χ3v) is 3.58. The van der Waals surface area contributed by atoms with E-state index in [0.29, 0.717) is 0 Å². The molecule has 0 atom stereocenters. The second-order valence-electron chi connectivity index (χ2n) is 3.78. The summed E-state index contributed by atoms with van der Waals surface area (Å²) in [7, 11) is 0. The van der Waals surface area contributed by atoms with Gasteiger partial charge in [0.15, 0.2) is 5.13 Å². The summed E-state index contributed by atoms with van der Waals surface area (Å²) in [5.41, 5.74) is 3.39. The van der Waals surface area contributed by atoms with E-state index in [1.54, 1.807) is 11.3 Å². The smallest absolute Gasteiger partial charge is 0.183 e. The fourth-order valence-corrected chi connectivity index (χ4v) is 2.22. The molecule has 0 fully saturated rings. The molecule has 2 heterocycles. The van der Waals surface area contributed by atoms with E-state index in [9.17, 15) is 0 Å². The van der Waals surface area contributed by atoms with Crippen LogP contribution in [0.1, 0.15) is 21.8 Å². The van der Waals surface area contributed by atoms with Gasteiger partial charge in [-0.25, -0.2) is 4.98 Å². The second kappa shape index (κ2) is 4.61. The molecule has 84 valence electrons. The third kappa shape index (κ3) is 2.39. The highest BCUT2D eigenvalue weighted by atomic mass is 32.1. The molecule has 0 saturated heterocycles. The minimum Gasteiger partial charge on any atom is -0.356 e. The quantitative estimate of drug-likeness (QED) is 0.885. The maximum Gasteiger partial charge on any atom is 0.183 e. The van der Waals surface area contributed by atoms with Crippen LogP contribution in [0.15, 0.2) is 18.3 Å². The van der Waals surface area contributed by atoms with E-state index in [0.717, 1.165) is 23.1 Å². The summed E-state index contributed by atoms with van der Waals surface area (Å²) in [6, 6.07) is 4.03. The lowest BCUT2D eigenvalue weighted by Gasteiger charge is -2.04. The number of thiazole rings is 1. The molecule has 0 aliphatic rings. The average Bonchev–Trinajstić information content (AvgIpc) is 2.57. The molecule has 0 saturated carbocycles. The van der Waals surface area contributed by atoms with E-state index in [2.05, 4.69) is 35.2 Å². The van der Waals surface area contributed by atoms with Gasteiger partial charge in [0, 0.05) is 11.1 Å². The van der Waals surface area contributed by atoms with Crippen molar-refractivity contribution in [2.45, 2.75) is 27.3 Å². The van der Waals surface area contributed by atoms with E-state index in [-0.39, 0.29) is 0 Å². The molecule has 16 heavy (non-hydrogen) atoms. The maximum atomic E-state index is 4.43. The number of hydrogen-bond acceptors (Lipinski definition) is 4. The normalized spacial score (nSPS) is 10.4. The molecule has 0 radical (unpaired) electrons. The van der Waals surface area contributed by atoms with E-state index >= 15 is 0 Å². The number of nitrogens with one attached hydrogen (secondary N) is 1. The standard InChI is InChI=1S/C12H15N3S/c1-8-5-4-6-13-11(8)7-14-12-15-9(2)10(3)16-12/h4-6H,7H2,1-3H3,(H,14,15). The summed E-state index contributed by atoms with van der Waals surface area (Å²) in [6.45, 7) is 6.93. The van der Waals surface area contributed by atoms with Gasteiger partial charge in [-0.05, 0) is 32.4 Å². The van der Waals surface area contributed by atoms with E-state index in [4.69, 9.17) is 0 Å². The Kier molecular flexibility index (Phi) is 3.19. The minimum absolute atomic E-state index is 0.735. The molecule has 3 nitrogen and oxygen atoms in total. The van der Waals surface area contributed by atoms with Crippen LogP contribution in [0.4, 0.5) is 5.13 Å². The van der Waals surface area contributed by atoms with Crippen LogP contribution in [0.5, 0.6) is 0 Å². The summed E-state index contributed by atoms with van der Waals surface area (Å²) in [5.74, 6) is 0. The summed E-state index contributed by atoms with van der Waals surface area (Å²) >= 11 is 1.69. The molecule has 0 aliphatic heterocycles. The molecule has 0 bridgehead atoms. The monoisotopic (exact) mass is 233 g/mol. The largest absolute Gasteiger partial charge is 0.356 e. The zero-order valence-electron chi connectivity index (χ0n) is 9.74. The minimum atomic E-state index is 0.735. The van der Waals surface area contributed by atoms with Gasteiger partial charge in [0.25, 0.3) is 0 Å². The van der Waals surface area contributed by atoms with Crippen molar-refractivity contribution < 1.29 is 0 Å². The van der Waals surface area contributed by atoms with Gasteiger partial charge in [-0.15, -0.1) is 11.3 Å². The Morgan fingerprint density at radius 2 is 2.12 bits per heavy atom. The van der Waals surface area contributed by atoms with E-state index in [1.807, 2.05) is 19.2 Å². The van der Waals surface area contributed by atoms with Gasteiger partial charge in [0.2, 0.25) is 0 Å². The highest BCUT2D eigenvalue weighted by Gasteiger charge is 2.04. The average molecular weight is 233 g/mol. The first kappa shape index (κ1) is 11.1. The number of rotatable bonds is 3. The Balaban J connectivity index is 2.05. The van der Waals surface area contributed by atoms with Gasteiger partial charge in [-0.3, -0.25) is 4.98 Å². The summed E-state index contributed by atoms with van der Waals surface area (Å²) in [6.07, 6.45) is 1.82. The zero-order chi connectivity index (χ0) is 11.5. The van der Waals surface area contributed by atoms with Gasteiger partial charge in [-0.2, -0.15) is 0 Å². The van der Waals surface area contributed by atoms with Crippen molar-refractivity contribution in [2.24, 2.45) is 0 Å². The molecule has 2 aromatic rings. The highest BCUT2D eigenvalue weighted by Crippen LogP contribution is 2.21. The fraction of sp³-hybridized carbons (Fsp3) is 0.333. The van der Waals surface area contributed by atoms with Crippen LogP contribution in [0.25, 0.3) is 0 Å². The molecule has 0 aliphatic carbocycles. The molecule has 0 amide bonds. The van der Waals surface area contributed by atoms with Crippen molar-refractivity contribution in [3.63, 3.8) is 0 Å². The predicted molar refractivity (Wildman–Crippen MR) is 67.9 cm³/mol. The number of anilines is 1. The number of aromatic nitrogens is 2. The third-order valence-electron chi connectivity index (χ3n) is 2.55. The van der Waals surface area contributed by atoms with Crippen molar-refractivity contribution in [3.05, 3.63) is 40.2 Å². The number of pyridine rings is 1.